The Morgan fingerprint density at radius 3 is 2.45 bits per heavy atom. The molecule has 7 heteroatoms. The van der Waals surface area contributed by atoms with Gasteiger partial charge in [0.15, 0.2) is 5.91 Å². The number of carbonyl (C=O) groups excluding carboxylic acids is 1. The number of anilines is 1. The van der Waals surface area contributed by atoms with E-state index in [0.29, 0.717) is 23.7 Å². The van der Waals surface area contributed by atoms with Gasteiger partial charge in [0, 0.05) is 6.54 Å². The van der Waals surface area contributed by atoms with E-state index in [1.54, 1.807) is 18.2 Å². The van der Waals surface area contributed by atoms with Crippen LogP contribution in [0.2, 0.25) is 0 Å². The van der Waals surface area contributed by atoms with Crippen molar-refractivity contribution in [2.75, 3.05) is 18.4 Å². The first kappa shape index (κ1) is 26.6. The summed E-state index contributed by atoms with van der Waals surface area (Å²) in [7, 11) is 0. The van der Waals surface area contributed by atoms with Gasteiger partial charge in [-0.15, -0.1) is 41.3 Å². The van der Waals surface area contributed by atoms with E-state index in [4.69, 9.17) is 0 Å². The molecule has 1 aromatic rings. The smallest absolute Gasteiger partial charge is 0.392 e. The van der Waals surface area contributed by atoms with Crippen molar-refractivity contribution < 1.29 is 69.4 Å². The first-order valence-corrected chi connectivity index (χ1v) is 9.62. The van der Waals surface area contributed by atoms with Crippen molar-refractivity contribution in [3.05, 3.63) is 41.8 Å². The van der Waals surface area contributed by atoms with Crippen LogP contribution in [0, 0.1) is 18.4 Å². The standard InChI is InChI=1S/C22H29F3N2O.K/c1-15(8-9-20(28)26-13-16-6-5-7-16)17-10-18(21(2,3)4)12-19(11-17)27-14-22(23,24)25;/h8-9,11-12,16,27H,5-7,13-14H2,1-4H3,(H,26,28);/q-2;+1/b15-8-;. The molecule has 1 aromatic carbocycles. The Morgan fingerprint density at radius 1 is 1.28 bits per heavy atom. The van der Waals surface area contributed by atoms with Gasteiger partial charge in [-0.25, -0.2) is 0 Å². The van der Waals surface area contributed by atoms with Crippen LogP contribution in [0.5, 0.6) is 0 Å². The van der Waals surface area contributed by atoms with Crippen LogP contribution < -0.4 is 62.0 Å². The van der Waals surface area contributed by atoms with E-state index >= 15 is 0 Å². The number of alkyl halides is 3. The van der Waals surface area contributed by atoms with Crippen LogP contribution in [0.1, 0.15) is 58.1 Å². The van der Waals surface area contributed by atoms with Crippen molar-refractivity contribution in [3.8, 4) is 0 Å². The maximum atomic E-state index is 12.6. The molecule has 1 fully saturated rings. The number of nitrogens with one attached hydrogen (secondary N) is 2. The molecule has 29 heavy (non-hydrogen) atoms. The third-order valence-electron chi connectivity index (χ3n) is 4.87. The predicted molar refractivity (Wildman–Crippen MR) is 107 cm³/mol. The molecular formula is C22H29F3KN2O-. The Balaban J connectivity index is 0.00000420. The molecule has 0 bridgehead atoms. The molecule has 0 atom stereocenters. The second kappa shape index (κ2) is 11.2. The SMILES string of the molecule is C/C(=C/[CH-]C(=O)NCC1CCC1)c1[c-]c(C(C)(C)C)cc(NCC(F)(F)F)c1.[K+]. The first-order valence-electron chi connectivity index (χ1n) is 9.62. The zero-order valence-corrected chi connectivity index (χ0v) is 21.1. The molecule has 156 valence electrons. The number of hydrogen-bond acceptors (Lipinski definition) is 2. The summed E-state index contributed by atoms with van der Waals surface area (Å²) < 4.78 is 37.7. The Kier molecular flexibility index (Phi) is 10.3. The van der Waals surface area contributed by atoms with Crippen LogP contribution in [-0.4, -0.2) is 25.2 Å². The van der Waals surface area contributed by atoms with E-state index in [0.717, 1.165) is 24.0 Å². The van der Waals surface area contributed by atoms with Crippen LogP contribution >= 0.6 is 0 Å². The third kappa shape index (κ3) is 9.47. The van der Waals surface area contributed by atoms with Gasteiger partial charge in [0.1, 0.15) is 6.54 Å². The molecule has 0 aromatic heterocycles. The number of allylic oxidation sites excluding steroid dienone is 1. The minimum atomic E-state index is -4.29. The summed E-state index contributed by atoms with van der Waals surface area (Å²) in [4.78, 5) is 12.0. The molecule has 1 amide bonds. The minimum absolute atomic E-state index is 0. The van der Waals surface area contributed by atoms with Crippen molar-refractivity contribution >= 4 is 17.2 Å². The van der Waals surface area contributed by atoms with Gasteiger partial charge in [-0.3, -0.25) is 4.79 Å². The second-order valence-corrected chi connectivity index (χ2v) is 8.47. The molecule has 0 unspecified atom stereocenters. The quantitative estimate of drug-likeness (QED) is 0.512. The Labute approximate surface area is 214 Å². The molecule has 0 spiro atoms. The molecule has 0 radical (unpaired) electrons. The largest absolute Gasteiger partial charge is 1.00 e. The Bertz CT molecular complexity index is 720. The number of halogens is 3. The zero-order valence-electron chi connectivity index (χ0n) is 18.0. The van der Waals surface area contributed by atoms with Gasteiger partial charge in [0.25, 0.3) is 0 Å². The van der Waals surface area contributed by atoms with Crippen LogP contribution in [0.4, 0.5) is 18.9 Å². The molecular weight excluding hydrogens is 404 g/mol. The van der Waals surface area contributed by atoms with Crippen molar-refractivity contribution in [2.24, 2.45) is 5.92 Å². The number of amides is 1. The van der Waals surface area contributed by atoms with Gasteiger partial charge in [0.2, 0.25) is 0 Å². The van der Waals surface area contributed by atoms with E-state index in [2.05, 4.69) is 16.7 Å². The van der Waals surface area contributed by atoms with Crippen LogP contribution in [0.3, 0.4) is 0 Å². The maximum absolute atomic E-state index is 12.6. The first-order chi connectivity index (χ1) is 12.9. The third-order valence-corrected chi connectivity index (χ3v) is 4.87. The second-order valence-electron chi connectivity index (χ2n) is 8.47. The Hall–Kier alpha value is -0.474. The van der Waals surface area contributed by atoms with Gasteiger partial charge in [-0.1, -0.05) is 34.1 Å². The Morgan fingerprint density at radius 2 is 1.93 bits per heavy atom. The molecule has 0 aliphatic heterocycles. The van der Waals surface area contributed by atoms with Crippen molar-refractivity contribution in [2.45, 2.75) is 58.5 Å². The summed E-state index contributed by atoms with van der Waals surface area (Å²) in [6.45, 7) is 7.36. The summed E-state index contributed by atoms with van der Waals surface area (Å²) >= 11 is 0. The van der Waals surface area contributed by atoms with Crippen LogP contribution in [0.15, 0.2) is 18.2 Å². The summed E-state index contributed by atoms with van der Waals surface area (Å²) in [5.41, 5.74) is 2.35. The van der Waals surface area contributed by atoms with E-state index in [9.17, 15) is 18.0 Å². The molecule has 0 heterocycles. The number of rotatable bonds is 7. The molecule has 2 N–H and O–H groups in total. The summed E-state index contributed by atoms with van der Waals surface area (Å²) in [6, 6.07) is 6.60. The van der Waals surface area contributed by atoms with E-state index in [-0.39, 0.29) is 62.7 Å². The van der Waals surface area contributed by atoms with Gasteiger partial charge in [-0.2, -0.15) is 19.2 Å². The topological polar surface area (TPSA) is 41.1 Å². The van der Waals surface area contributed by atoms with Crippen molar-refractivity contribution in [3.63, 3.8) is 0 Å². The number of benzene rings is 1. The van der Waals surface area contributed by atoms with Crippen LogP contribution in [0.25, 0.3) is 5.57 Å². The summed E-state index contributed by atoms with van der Waals surface area (Å²) in [6.07, 6.45) is 2.41. The fraction of sp³-hybridized carbons (Fsp3) is 0.545. The average Bonchev–Trinajstić information content (AvgIpc) is 2.54. The fourth-order valence-electron chi connectivity index (χ4n) is 2.78. The summed E-state index contributed by atoms with van der Waals surface area (Å²) in [5.74, 6) is 0.426. The van der Waals surface area contributed by atoms with Gasteiger partial charge < -0.3 is 10.6 Å². The van der Waals surface area contributed by atoms with E-state index < -0.39 is 12.7 Å². The van der Waals surface area contributed by atoms with Crippen molar-refractivity contribution in [1.82, 2.24) is 5.32 Å². The molecule has 1 saturated carbocycles. The van der Waals surface area contributed by atoms with Gasteiger partial charge >= 0.3 is 57.6 Å². The maximum Gasteiger partial charge on any atom is 1.00 e. The normalized spacial score (nSPS) is 15.2. The molecule has 2 rings (SSSR count). The molecule has 0 saturated heterocycles. The van der Waals surface area contributed by atoms with Crippen molar-refractivity contribution in [1.29, 1.82) is 0 Å². The molecule has 1 aliphatic carbocycles. The number of hydrogen-bond donors (Lipinski definition) is 2. The van der Waals surface area contributed by atoms with Crippen LogP contribution in [-0.2, 0) is 10.2 Å². The number of carbonyl (C=O) groups is 1. The predicted octanol–water partition coefficient (Wildman–Crippen LogP) is 2.29. The molecule has 1 aliphatic rings. The fourth-order valence-corrected chi connectivity index (χ4v) is 2.78. The minimum Gasteiger partial charge on any atom is -0.392 e. The van der Waals surface area contributed by atoms with Gasteiger partial charge in [0.05, 0.1) is 0 Å². The summed E-state index contributed by atoms with van der Waals surface area (Å²) in [5, 5.41) is 5.33. The monoisotopic (exact) mass is 433 g/mol. The van der Waals surface area contributed by atoms with Gasteiger partial charge in [-0.05, 0) is 29.9 Å². The molecule has 3 nitrogen and oxygen atoms in total. The van der Waals surface area contributed by atoms with E-state index in [1.165, 1.54) is 12.8 Å². The zero-order chi connectivity index (χ0) is 20.9. The average molecular weight is 434 g/mol. The van der Waals surface area contributed by atoms with E-state index in [1.807, 2.05) is 27.7 Å².